The van der Waals surface area contributed by atoms with Crippen molar-refractivity contribution < 1.29 is 13.9 Å². The zero-order valence-electron chi connectivity index (χ0n) is 13.0. The Morgan fingerprint density at radius 1 is 1.26 bits per heavy atom. The summed E-state index contributed by atoms with van der Waals surface area (Å²) in [5.74, 6) is 0.429. The second-order valence-corrected chi connectivity index (χ2v) is 5.57. The van der Waals surface area contributed by atoms with Crippen LogP contribution in [-0.2, 0) is 0 Å². The number of hydrogen-bond acceptors (Lipinski definition) is 2. The molecular formula is C18H19FN2O2. The molecule has 5 heteroatoms. The number of nitrogens with one attached hydrogen (secondary N) is 1. The molecule has 23 heavy (non-hydrogen) atoms. The molecule has 1 fully saturated rings. The number of hydrogen-bond donors (Lipinski definition) is 1. The topological polar surface area (TPSA) is 41.6 Å². The van der Waals surface area contributed by atoms with Gasteiger partial charge in [0.05, 0.1) is 13.2 Å². The number of amides is 2. The molecule has 2 aromatic rings. The van der Waals surface area contributed by atoms with Gasteiger partial charge >= 0.3 is 6.03 Å². The average molecular weight is 314 g/mol. The maximum atomic E-state index is 13.2. The summed E-state index contributed by atoms with van der Waals surface area (Å²) < 4.78 is 18.4. The number of likely N-dealkylation sites (tertiary alicyclic amines) is 1. The van der Waals surface area contributed by atoms with Gasteiger partial charge in [-0.3, -0.25) is 0 Å². The number of benzene rings is 2. The SMILES string of the molecule is COc1ccc(C2CCCN2C(=O)Nc2cccc(F)c2)cc1. The van der Waals surface area contributed by atoms with Crippen LogP contribution < -0.4 is 10.1 Å². The zero-order valence-corrected chi connectivity index (χ0v) is 13.0. The number of methoxy groups -OCH3 is 1. The van der Waals surface area contributed by atoms with Gasteiger partial charge in [0.2, 0.25) is 0 Å². The second-order valence-electron chi connectivity index (χ2n) is 5.57. The molecule has 1 saturated heterocycles. The molecule has 1 heterocycles. The first-order valence-corrected chi connectivity index (χ1v) is 7.64. The minimum atomic E-state index is -0.365. The van der Waals surface area contributed by atoms with Gasteiger partial charge in [-0.2, -0.15) is 0 Å². The maximum absolute atomic E-state index is 13.2. The van der Waals surface area contributed by atoms with Crippen LogP contribution in [0.25, 0.3) is 0 Å². The van der Waals surface area contributed by atoms with Crippen LogP contribution in [0.15, 0.2) is 48.5 Å². The van der Waals surface area contributed by atoms with Crippen molar-refractivity contribution in [3.8, 4) is 5.75 Å². The maximum Gasteiger partial charge on any atom is 0.322 e. The van der Waals surface area contributed by atoms with E-state index in [0.29, 0.717) is 12.2 Å². The van der Waals surface area contributed by atoms with E-state index in [4.69, 9.17) is 4.74 Å². The van der Waals surface area contributed by atoms with Gasteiger partial charge in [-0.05, 0) is 48.7 Å². The molecule has 1 unspecified atom stereocenters. The lowest BCUT2D eigenvalue weighted by Crippen LogP contribution is -2.34. The van der Waals surface area contributed by atoms with E-state index in [-0.39, 0.29) is 17.9 Å². The minimum absolute atomic E-state index is 0.0365. The van der Waals surface area contributed by atoms with E-state index in [1.807, 2.05) is 24.3 Å². The number of halogens is 1. The number of ether oxygens (including phenoxy) is 1. The Morgan fingerprint density at radius 2 is 2.04 bits per heavy atom. The fourth-order valence-corrected chi connectivity index (χ4v) is 2.94. The number of rotatable bonds is 3. The van der Waals surface area contributed by atoms with Gasteiger partial charge in [0.25, 0.3) is 0 Å². The Kier molecular flexibility index (Phi) is 4.46. The average Bonchev–Trinajstić information content (AvgIpc) is 3.05. The fourth-order valence-electron chi connectivity index (χ4n) is 2.94. The zero-order chi connectivity index (χ0) is 16.2. The molecule has 0 aromatic heterocycles. The summed E-state index contributed by atoms with van der Waals surface area (Å²) in [5, 5.41) is 2.77. The lowest BCUT2D eigenvalue weighted by molar-refractivity contribution is 0.207. The third kappa shape index (κ3) is 3.44. The highest BCUT2D eigenvalue weighted by atomic mass is 19.1. The smallest absolute Gasteiger partial charge is 0.322 e. The van der Waals surface area contributed by atoms with Gasteiger partial charge in [0.1, 0.15) is 11.6 Å². The molecule has 1 aliphatic rings. The first-order valence-electron chi connectivity index (χ1n) is 7.64. The Bertz CT molecular complexity index is 688. The Morgan fingerprint density at radius 3 is 2.74 bits per heavy atom. The third-order valence-electron chi connectivity index (χ3n) is 4.09. The van der Waals surface area contributed by atoms with Crippen molar-refractivity contribution in [2.45, 2.75) is 18.9 Å². The molecule has 3 rings (SSSR count). The van der Waals surface area contributed by atoms with Crippen LogP contribution in [0, 0.1) is 5.82 Å². The number of carbonyl (C=O) groups is 1. The van der Waals surface area contributed by atoms with E-state index >= 15 is 0 Å². The van der Waals surface area contributed by atoms with Crippen LogP contribution in [-0.4, -0.2) is 24.6 Å². The van der Waals surface area contributed by atoms with E-state index < -0.39 is 0 Å². The predicted molar refractivity (Wildman–Crippen MR) is 87.1 cm³/mol. The molecule has 0 aliphatic carbocycles. The van der Waals surface area contributed by atoms with E-state index in [1.54, 1.807) is 24.1 Å². The van der Waals surface area contributed by atoms with Crippen molar-refractivity contribution in [1.29, 1.82) is 0 Å². The van der Waals surface area contributed by atoms with Gasteiger partial charge in [0.15, 0.2) is 0 Å². The largest absolute Gasteiger partial charge is 0.497 e. The van der Waals surface area contributed by atoms with E-state index in [0.717, 1.165) is 24.2 Å². The van der Waals surface area contributed by atoms with Crippen molar-refractivity contribution in [1.82, 2.24) is 4.90 Å². The van der Waals surface area contributed by atoms with Crippen molar-refractivity contribution in [3.05, 3.63) is 59.9 Å². The molecular weight excluding hydrogens is 295 g/mol. The predicted octanol–water partition coefficient (Wildman–Crippen LogP) is 4.20. The molecule has 0 radical (unpaired) electrons. The Balaban J connectivity index is 1.73. The van der Waals surface area contributed by atoms with Gasteiger partial charge in [-0.25, -0.2) is 9.18 Å². The van der Waals surface area contributed by atoms with Gasteiger partial charge in [-0.15, -0.1) is 0 Å². The summed E-state index contributed by atoms with van der Waals surface area (Å²) in [4.78, 5) is 14.3. The summed E-state index contributed by atoms with van der Waals surface area (Å²) in [5.41, 5.74) is 1.55. The van der Waals surface area contributed by atoms with Crippen LogP contribution in [0.1, 0.15) is 24.4 Å². The van der Waals surface area contributed by atoms with E-state index in [2.05, 4.69) is 5.32 Å². The summed E-state index contributed by atoms with van der Waals surface area (Å²) in [6.07, 6.45) is 1.87. The van der Waals surface area contributed by atoms with Crippen LogP contribution in [0.3, 0.4) is 0 Å². The molecule has 1 N–H and O–H groups in total. The summed E-state index contributed by atoms with van der Waals surface area (Å²) >= 11 is 0. The number of anilines is 1. The van der Waals surface area contributed by atoms with E-state index in [1.165, 1.54) is 12.1 Å². The standard InChI is InChI=1S/C18H19FN2O2/c1-23-16-9-7-13(8-10-16)17-6-3-11-21(17)18(22)20-15-5-2-4-14(19)12-15/h2,4-5,7-10,12,17H,3,6,11H2,1H3,(H,20,22). The highest BCUT2D eigenvalue weighted by molar-refractivity contribution is 5.89. The first kappa shape index (κ1) is 15.3. The van der Waals surface area contributed by atoms with Crippen molar-refractivity contribution in [2.24, 2.45) is 0 Å². The molecule has 0 saturated carbocycles. The molecule has 2 aromatic carbocycles. The lowest BCUT2D eigenvalue weighted by atomic mass is 10.0. The number of urea groups is 1. The van der Waals surface area contributed by atoms with Crippen LogP contribution in [0.2, 0.25) is 0 Å². The summed E-state index contributed by atoms with van der Waals surface area (Å²) in [6.45, 7) is 0.692. The van der Waals surface area contributed by atoms with Crippen molar-refractivity contribution in [2.75, 3.05) is 19.0 Å². The Labute approximate surface area is 134 Å². The highest BCUT2D eigenvalue weighted by Crippen LogP contribution is 2.33. The van der Waals surface area contributed by atoms with Crippen LogP contribution in [0.4, 0.5) is 14.9 Å². The van der Waals surface area contributed by atoms with Crippen LogP contribution >= 0.6 is 0 Å². The quantitative estimate of drug-likeness (QED) is 0.922. The minimum Gasteiger partial charge on any atom is -0.497 e. The van der Waals surface area contributed by atoms with Gasteiger partial charge in [-0.1, -0.05) is 18.2 Å². The monoisotopic (exact) mass is 314 g/mol. The molecule has 0 spiro atoms. The molecule has 1 aliphatic heterocycles. The van der Waals surface area contributed by atoms with Crippen LogP contribution in [0.5, 0.6) is 5.75 Å². The van der Waals surface area contributed by atoms with Crippen molar-refractivity contribution >= 4 is 11.7 Å². The summed E-state index contributed by atoms with van der Waals surface area (Å²) in [6, 6.07) is 13.5. The molecule has 4 nitrogen and oxygen atoms in total. The molecule has 0 bridgehead atoms. The van der Waals surface area contributed by atoms with Crippen molar-refractivity contribution in [3.63, 3.8) is 0 Å². The Hall–Kier alpha value is -2.56. The lowest BCUT2D eigenvalue weighted by Gasteiger charge is -2.25. The molecule has 120 valence electrons. The fraction of sp³-hybridized carbons (Fsp3) is 0.278. The van der Waals surface area contributed by atoms with Gasteiger partial charge in [0, 0.05) is 12.2 Å². The first-order chi connectivity index (χ1) is 11.2. The number of carbonyl (C=O) groups excluding carboxylic acids is 1. The molecule has 2 amide bonds. The highest BCUT2D eigenvalue weighted by Gasteiger charge is 2.30. The third-order valence-corrected chi connectivity index (χ3v) is 4.09. The second kappa shape index (κ2) is 6.69. The van der Waals surface area contributed by atoms with E-state index in [9.17, 15) is 9.18 Å². The van der Waals surface area contributed by atoms with Gasteiger partial charge < -0.3 is 15.0 Å². The molecule has 1 atom stereocenters. The normalized spacial score (nSPS) is 17.1. The summed E-state index contributed by atoms with van der Waals surface area (Å²) in [7, 11) is 1.63. The number of nitrogens with zero attached hydrogens (tertiary/aromatic N) is 1.